The van der Waals surface area contributed by atoms with Crippen LogP contribution in [0.15, 0.2) is 10.9 Å². The number of pyridine rings is 1. The van der Waals surface area contributed by atoms with E-state index in [0.717, 1.165) is 6.07 Å². The molecule has 0 bridgehead atoms. The molecule has 3 N–H and O–H groups in total. The first-order chi connectivity index (χ1) is 9.84. The van der Waals surface area contributed by atoms with Crippen molar-refractivity contribution in [3.63, 3.8) is 0 Å². The Kier molecular flexibility index (Phi) is 2.76. The molecule has 1 aliphatic rings. The Morgan fingerprint density at radius 3 is 2.52 bits per heavy atom. The average Bonchev–Trinajstić information content (AvgIpc) is 3.25. The van der Waals surface area contributed by atoms with E-state index in [-0.39, 0.29) is 33.9 Å². The zero-order chi connectivity index (χ0) is 15.5. The summed E-state index contributed by atoms with van der Waals surface area (Å²) < 4.78 is 29.4. The van der Waals surface area contributed by atoms with E-state index in [2.05, 4.69) is 0 Å². The van der Waals surface area contributed by atoms with Crippen molar-refractivity contribution >= 4 is 22.6 Å². The SMILES string of the molecule is Cc1c(F)c(F)c2c(c1N)c(=O)cc(C(=O)O)n2C1CC1. The lowest BCUT2D eigenvalue weighted by Crippen LogP contribution is -2.20. The second kappa shape index (κ2) is 4.28. The molecule has 0 atom stereocenters. The van der Waals surface area contributed by atoms with Crippen LogP contribution in [-0.2, 0) is 0 Å². The van der Waals surface area contributed by atoms with Crippen LogP contribution in [0.2, 0.25) is 0 Å². The lowest BCUT2D eigenvalue weighted by molar-refractivity contribution is 0.0684. The molecule has 21 heavy (non-hydrogen) atoms. The van der Waals surface area contributed by atoms with E-state index in [4.69, 9.17) is 5.73 Å². The number of nitrogens with two attached hydrogens (primary N) is 1. The van der Waals surface area contributed by atoms with Crippen LogP contribution >= 0.6 is 0 Å². The van der Waals surface area contributed by atoms with Gasteiger partial charge in [-0.1, -0.05) is 0 Å². The molecule has 1 aliphatic carbocycles. The van der Waals surface area contributed by atoms with E-state index >= 15 is 0 Å². The minimum Gasteiger partial charge on any atom is -0.477 e. The average molecular weight is 294 g/mol. The predicted molar refractivity (Wildman–Crippen MR) is 72.5 cm³/mol. The Bertz CT molecular complexity index is 854. The van der Waals surface area contributed by atoms with Gasteiger partial charge in [0.05, 0.1) is 16.6 Å². The molecular weight excluding hydrogens is 282 g/mol. The van der Waals surface area contributed by atoms with Gasteiger partial charge in [0, 0.05) is 17.7 Å². The first-order valence-electron chi connectivity index (χ1n) is 6.40. The van der Waals surface area contributed by atoms with Crippen LogP contribution in [-0.4, -0.2) is 15.6 Å². The summed E-state index contributed by atoms with van der Waals surface area (Å²) in [7, 11) is 0. The monoisotopic (exact) mass is 294 g/mol. The molecule has 7 heteroatoms. The van der Waals surface area contributed by atoms with Gasteiger partial charge >= 0.3 is 5.97 Å². The Labute approximate surface area is 117 Å². The number of fused-ring (bicyclic) bond motifs is 1. The van der Waals surface area contributed by atoms with Crippen molar-refractivity contribution < 1.29 is 18.7 Å². The lowest BCUT2D eigenvalue weighted by Gasteiger charge is -2.17. The highest BCUT2D eigenvalue weighted by Gasteiger charge is 2.32. The van der Waals surface area contributed by atoms with E-state index in [9.17, 15) is 23.5 Å². The molecule has 1 aromatic carbocycles. The van der Waals surface area contributed by atoms with Crippen LogP contribution in [0.1, 0.15) is 34.9 Å². The van der Waals surface area contributed by atoms with Gasteiger partial charge in [0.1, 0.15) is 5.69 Å². The number of benzene rings is 1. The van der Waals surface area contributed by atoms with Crippen molar-refractivity contribution in [2.24, 2.45) is 0 Å². The van der Waals surface area contributed by atoms with Gasteiger partial charge in [0.2, 0.25) is 0 Å². The Balaban J connectivity index is 2.61. The smallest absolute Gasteiger partial charge is 0.352 e. The number of carboxylic acid groups (broad SMARTS) is 1. The maximum absolute atomic E-state index is 14.3. The third-order valence-corrected chi connectivity index (χ3v) is 3.79. The predicted octanol–water partition coefficient (Wildman–Crippen LogP) is 2.20. The van der Waals surface area contributed by atoms with Gasteiger partial charge < -0.3 is 15.4 Å². The minimum atomic E-state index is -1.36. The number of aromatic nitrogens is 1. The fraction of sp³-hybridized carbons (Fsp3) is 0.286. The van der Waals surface area contributed by atoms with Crippen molar-refractivity contribution in [3.05, 3.63) is 39.2 Å². The second-order valence-corrected chi connectivity index (χ2v) is 5.19. The van der Waals surface area contributed by atoms with Gasteiger partial charge in [-0.05, 0) is 19.8 Å². The van der Waals surface area contributed by atoms with Crippen LogP contribution in [0.25, 0.3) is 10.9 Å². The summed E-state index contributed by atoms with van der Waals surface area (Å²) >= 11 is 0. The molecule has 3 rings (SSSR count). The molecular formula is C14H12F2N2O3. The van der Waals surface area contributed by atoms with Crippen molar-refractivity contribution in [2.45, 2.75) is 25.8 Å². The quantitative estimate of drug-likeness (QED) is 0.831. The number of carbonyl (C=O) groups is 1. The number of nitrogens with zero attached hydrogens (tertiary/aromatic N) is 1. The van der Waals surface area contributed by atoms with E-state index in [0.29, 0.717) is 12.8 Å². The van der Waals surface area contributed by atoms with Gasteiger partial charge in [0.25, 0.3) is 0 Å². The summed E-state index contributed by atoms with van der Waals surface area (Å²) in [5, 5.41) is 9.04. The molecule has 1 saturated carbocycles. The van der Waals surface area contributed by atoms with Crippen LogP contribution in [0, 0.1) is 18.6 Å². The molecule has 0 radical (unpaired) electrons. The largest absolute Gasteiger partial charge is 0.477 e. The number of hydrogen-bond donors (Lipinski definition) is 2. The number of carboxylic acids is 1. The molecule has 1 fully saturated rings. The highest BCUT2D eigenvalue weighted by Crippen LogP contribution is 2.40. The number of rotatable bonds is 2. The number of halogens is 2. The first-order valence-corrected chi connectivity index (χ1v) is 6.40. The third-order valence-electron chi connectivity index (χ3n) is 3.79. The van der Waals surface area contributed by atoms with E-state index in [1.807, 2.05) is 0 Å². The fourth-order valence-corrected chi connectivity index (χ4v) is 2.55. The Hall–Kier alpha value is -2.44. The Morgan fingerprint density at radius 2 is 2.00 bits per heavy atom. The zero-order valence-electron chi connectivity index (χ0n) is 11.1. The lowest BCUT2D eigenvalue weighted by atomic mass is 10.1. The molecule has 1 aromatic heterocycles. The molecule has 0 amide bonds. The molecule has 0 saturated heterocycles. The summed E-state index contributed by atoms with van der Waals surface area (Å²) in [4.78, 5) is 23.4. The highest BCUT2D eigenvalue weighted by atomic mass is 19.2. The van der Waals surface area contributed by atoms with Crippen LogP contribution in [0.3, 0.4) is 0 Å². The minimum absolute atomic E-state index is 0.150. The standard InChI is InChI=1S/C14H12F2N2O3/c1-5-10(15)11(16)13-9(12(5)17)8(19)4-7(14(20)21)18(13)6-2-3-6/h4,6H,2-3,17H2,1H3,(H,20,21). The van der Waals surface area contributed by atoms with Gasteiger partial charge in [-0.3, -0.25) is 4.79 Å². The fourth-order valence-electron chi connectivity index (χ4n) is 2.55. The second-order valence-electron chi connectivity index (χ2n) is 5.19. The van der Waals surface area contributed by atoms with E-state index in [1.54, 1.807) is 0 Å². The number of aromatic carboxylic acids is 1. The first kappa shape index (κ1) is 13.5. The van der Waals surface area contributed by atoms with Crippen molar-refractivity contribution in [1.29, 1.82) is 0 Å². The van der Waals surface area contributed by atoms with Crippen molar-refractivity contribution in [3.8, 4) is 0 Å². The van der Waals surface area contributed by atoms with Gasteiger partial charge in [-0.25, -0.2) is 13.6 Å². The number of nitrogen functional groups attached to an aromatic ring is 1. The third kappa shape index (κ3) is 1.80. The molecule has 0 aliphatic heterocycles. The summed E-state index contributed by atoms with van der Waals surface area (Å²) in [6, 6.07) is 0.658. The van der Waals surface area contributed by atoms with Crippen molar-refractivity contribution in [1.82, 2.24) is 4.57 Å². The van der Waals surface area contributed by atoms with Crippen LogP contribution in [0.5, 0.6) is 0 Å². The van der Waals surface area contributed by atoms with Gasteiger partial charge in [-0.15, -0.1) is 0 Å². The maximum Gasteiger partial charge on any atom is 0.352 e. The van der Waals surface area contributed by atoms with Gasteiger partial charge in [-0.2, -0.15) is 0 Å². The summed E-state index contributed by atoms with van der Waals surface area (Å²) in [5.41, 5.74) is 4.00. The van der Waals surface area contributed by atoms with Gasteiger partial charge in [0.15, 0.2) is 17.1 Å². The van der Waals surface area contributed by atoms with Crippen LogP contribution in [0.4, 0.5) is 14.5 Å². The molecule has 0 spiro atoms. The topological polar surface area (TPSA) is 85.3 Å². The van der Waals surface area contributed by atoms with Crippen LogP contribution < -0.4 is 11.2 Å². The molecule has 110 valence electrons. The van der Waals surface area contributed by atoms with E-state index in [1.165, 1.54) is 11.5 Å². The van der Waals surface area contributed by atoms with Crippen molar-refractivity contribution in [2.75, 3.05) is 5.73 Å². The highest BCUT2D eigenvalue weighted by molar-refractivity contribution is 5.96. The number of hydrogen-bond acceptors (Lipinski definition) is 3. The molecule has 0 unspecified atom stereocenters. The summed E-state index contributed by atoms with van der Waals surface area (Å²) in [6.45, 7) is 1.28. The molecule has 5 nitrogen and oxygen atoms in total. The molecule has 1 heterocycles. The summed E-state index contributed by atoms with van der Waals surface area (Å²) in [5.74, 6) is -3.75. The van der Waals surface area contributed by atoms with E-state index < -0.39 is 23.0 Å². The Morgan fingerprint density at radius 1 is 1.38 bits per heavy atom. The maximum atomic E-state index is 14.3. The summed E-state index contributed by atoms with van der Waals surface area (Å²) in [6.07, 6.45) is 1.29. The molecule has 2 aromatic rings. The number of anilines is 1. The zero-order valence-corrected chi connectivity index (χ0v) is 11.1. The normalized spacial score (nSPS) is 14.6.